The van der Waals surface area contributed by atoms with Gasteiger partial charge in [-0.2, -0.15) is 0 Å². The number of nitrogens with one attached hydrogen (secondary N) is 1. The molecule has 4 rings (SSSR count). The molecule has 2 aromatic carbocycles. The molecule has 28 heavy (non-hydrogen) atoms. The van der Waals surface area contributed by atoms with Gasteiger partial charge in [0.1, 0.15) is 22.3 Å². The van der Waals surface area contributed by atoms with Gasteiger partial charge >= 0.3 is 0 Å². The zero-order chi connectivity index (χ0) is 19.3. The highest BCUT2D eigenvalue weighted by molar-refractivity contribution is 7.13. The number of hydrogen-bond acceptors (Lipinski definition) is 6. The van der Waals surface area contributed by atoms with E-state index in [1.54, 1.807) is 48.0 Å². The largest absolute Gasteiger partial charge is 0.437 e. The van der Waals surface area contributed by atoms with E-state index in [1.807, 2.05) is 0 Å². The van der Waals surface area contributed by atoms with E-state index in [9.17, 15) is 9.18 Å². The molecular formula is C20H13FN4O2S. The number of amides is 1. The van der Waals surface area contributed by atoms with E-state index in [2.05, 4.69) is 20.3 Å². The van der Waals surface area contributed by atoms with Crippen LogP contribution in [-0.4, -0.2) is 20.9 Å². The molecule has 0 fully saturated rings. The van der Waals surface area contributed by atoms with E-state index in [4.69, 9.17) is 4.74 Å². The number of aromatic nitrogens is 3. The van der Waals surface area contributed by atoms with Crippen molar-refractivity contribution >= 4 is 22.9 Å². The average Bonchev–Trinajstić information content (AvgIpc) is 3.20. The first-order valence-electron chi connectivity index (χ1n) is 8.24. The summed E-state index contributed by atoms with van der Waals surface area (Å²) < 4.78 is 18.7. The Morgan fingerprint density at radius 2 is 1.96 bits per heavy atom. The minimum absolute atomic E-state index is 0.282. The number of hydrogen-bond donors (Lipinski definition) is 1. The number of thiazole rings is 1. The fraction of sp³-hybridized carbons (Fsp3) is 0. The van der Waals surface area contributed by atoms with Gasteiger partial charge in [-0.25, -0.2) is 14.4 Å². The van der Waals surface area contributed by atoms with Gasteiger partial charge in [-0.3, -0.25) is 9.78 Å². The number of ether oxygens (including phenoxy) is 1. The minimum Gasteiger partial charge on any atom is -0.437 e. The Kier molecular flexibility index (Phi) is 5.03. The molecule has 0 aliphatic carbocycles. The molecule has 0 aliphatic rings. The van der Waals surface area contributed by atoms with E-state index in [0.717, 1.165) is 5.56 Å². The maximum atomic E-state index is 13.0. The summed E-state index contributed by atoms with van der Waals surface area (Å²) in [5.74, 6) is 0.209. The molecule has 0 radical (unpaired) electrons. The van der Waals surface area contributed by atoms with Gasteiger partial charge in [0.05, 0.1) is 6.20 Å². The molecule has 0 spiro atoms. The lowest BCUT2D eigenvalue weighted by atomic mass is 10.2. The van der Waals surface area contributed by atoms with Crippen LogP contribution in [0.25, 0.3) is 10.6 Å². The average molecular weight is 392 g/mol. The van der Waals surface area contributed by atoms with Gasteiger partial charge in [0.2, 0.25) is 5.88 Å². The van der Waals surface area contributed by atoms with Crippen molar-refractivity contribution in [3.63, 3.8) is 0 Å². The molecule has 0 bridgehead atoms. The molecule has 1 amide bonds. The maximum absolute atomic E-state index is 13.0. The molecule has 1 N–H and O–H groups in total. The van der Waals surface area contributed by atoms with E-state index < -0.39 is 0 Å². The van der Waals surface area contributed by atoms with Gasteiger partial charge in [0.25, 0.3) is 5.91 Å². The van der Waals surface area contributed by atoms with Crippen molar-refractivity contribution in [3.8, 4) is 22.2 Å². The number of anilines is 1. The van der Waals surface area contributed by atoms with Crippen LogP contribution in [0.2, 0.25) is 0 Å². The molecule has 0 saturated heterocycles. The highest BCUT2D eigenvalue weighted by atomic mass is 32.1. The lowest BCUT2D eigenvalue weighted by Crippen LogP contribution is -2.12. The summed E-state index contributed by atoms with van der Waals surface area (Å²) >= 11 is 1.32. The van der Waals surface area contributed by atoms with Crippen LogP contribution >= 0.6 is 11.3 Å². The number of carbonyl (C=O) groups excluding carboxylic acids is 1. The molecule has 2 aromatic heterocycles. The lowest BCUT2D eigenvalue weighted by Gasteiger charge is -2.07. The third-order valence-electron chi connectivity index (χ3n) is 3.68. The molecule has 2 heterocycles. The molecule has 138 valence electrons. The van der Waals surface area contributed by atoms with Crippen LogP contribution in [0, 0.1) is 5.82 Å². The number of halogens is 1. The van der Waals surface area contributed by atoms with E-state index >= 15 is 0 Å². The van der Waals surface area contributed by atoms with Crippen molar-refractivity contribution in [3.05, 3.63) is 84.0 Å². The highest BCUT2D eigenvalue weighted by Gasteiger charge is 2.13. The second kappa shape index (κ2) is 7.93. The summed E-state index contributed by atoms with van der Waals surface area (Å²) in [6.45, 7) is 0. The summed E-state index contributed by atoms with van der Waals surface area (Å²) in [6, 6.07) is 12.9. The van der Waals surface area contributed by atoms with Crippen molar-refractivity contribution in [1.29, 1.82) is 0 Å². The number of carbonyl (C=O) groups is 1. The summed E-state index contributed by atoms with van der Waals surface area (Å²) in [5.41, 5.74) is 1.59. The van der Waals surface area contributed by atoms with Gasteiger partial charge in [0, 0.05) is 35.1 Å². The fourth-order valence-electron chi connectivity index (χ4n) is 2.39. The van der Waals surface area contributed by atoms with E-state index in [1.165, 1.54) is 35.9 Å². The van der Waals surface area contributed by atoms with Crippen LogP contribution in [0.3, 0.4) is 0 Å². The van der Waals surface area contributed by atoms with Crippen LogP contribution in [0.5, 0.6) is 11.6 Å². The highest BCUT2D eigenvalue weighted by Crippen LogP contribution is 2.25. The minimum atomic E-state index is -0.346. The van der Waals surface area contributed by atoms with Crippen LogP contribution < -0.4 is 10.1 Å². The van der Waals surface area contributed by atoms with Crippen LogP contribution in [0.1, 0.15) is 10.5 Å². The van der Waals surface area contributed by atoms with Gasteiger partial charge < -0.3 is 10.1 Å². The molecular weight excluding hydrogens is 379 g/mol. The second-order valence-electron chi connectivity index (χ2n) is 5.67. The Morgan fingerprint density at radius 1 is 1.11 bits per heavy atom. The second-order valence-corrected chi connectivity index (χ2v) is 6.53. The number of nitrogens with zero attached hydrogens (tertiary/aromatic N) is 3. The Hall–Kier alpha value is -3.65. The van der Waals surface area contributed by atoms with Crippen LogP contribution in [0.4, 0.5) is 10.1 Å². The molecule has 0 unspecified atom stereocenters. The van der Waals surface area contributed by atoms with Gasteiger partial charge in [-0.1, -0.05) is 6.07 Å². The predicted molar refractivity (Wildman–Crippen MR) is 104 cm³/mol. The standard InChI is InChI=1S/C20H13FN4O2S/c21-14-6-4-13(5-7-14)20-25-17(12-28-20)19(26)24-15-2-1-3-16(10-15)27-18-11-22-8-9-23-18/h1-12H,(H,24,26). The van der Waals surface area contributed by atoms with E-state index in [0.29, 0.717) is 22.3 Å². The normalized spacial score (nSPS) is 10.5. The Balaban J connectivity index is 1.47. The SMILES string of the molecule is O=C(Nc1cccc(Oc2cnccn2)c1)c1csc(-c2ccc(F)cc2)n1. The van der Waals surface area contributed by atoms with Crippen molar-refractivity contribution in [2.45, 2.75) is 0 Å². The van der Waals surface area contributed by atoms with Crippen molar-refractivity contribution in [2.24, 2.45) is 0 Å². The van der Waals surface area contributed by atoms with Crippen molar-refractivity contribution < 1.29 is 13.9 Å². The summed E-state index contributed by atoms with van der Waals surface area (Å²) in [6.07, 6.45) is 4.58. The maximum Gasteiger partial charge on any atom is 0.275 e. The first kappa shape index (κ1) is 17.7. The monoisotopic (exact) mass is 392 g/mol. The Bertz CT molecular complexity index is 1100. The van der Waals surface area contributed by atoms with Gasteiger partial charge in [0.15, 0.2) is 0 Å². The van der Waals surface area contributed by atoms with E-state index in [-0.39, 0.29) is 17.4 Å². The van der Waals surface area contributed by atoms with Gasteiger partial charge in [-0.05, 0) is 36.4 Å². The third-order valence-corrected chi connectivity index (χ3v) is 4.57. The molecule has 4 aromatic rings. The third kappa shape index (κ3) is 4.18. The number of rotatable bonds is 5. The zero-order valence-electron chi connectivity index (χ0n) is 14.4. The summed E-state index contributed by atoms with van der Waals surface area (Å²) in [7, 11) is 0. The molecule has 0 saturated carbocycles. The number of benzene rings is 2. The summed E-state index contributed by atoms with van der Waals surface area (Å²) in [4.78, 5) is 24.8. The van der Waals surface area contributed by atoms with Gasteiger partial charge in [-0.15, -0.1) is 11.3 Å². The molecule has 0 atom stereocenters. The Labute approximate surface area is 163 Å². The molecule has 6 nitrogen and oxygen atoms in total. The van der Waals surface area contributed by atoms with Crippen molar-refractivity contribution in [2.75, 3.05) is 5.32 Å². The fourth-order valence-corrected chi connectivity index (χ4v) is 3.20. The predicted octanol–water partition coefficient (Wildman–Crippen LogP) is 4.78. The summed E-state index contributed by atoms with van der Waals surface area (Å²) in [5, 5.41) is 5.09. The first-order valence-corrected chi connectivity index (χ1v) is 9.12. The first-order chi connectivity index (χ1) is 13.7. The quantitative estimate of drug-likeness (QED) is 0.529. The lowest BCUT2D eigenvalue weighted by molar-refractivity contribution is 0.102. The van der Waals surface area contributed by atoms with Crippen LogP contribution in [0.15, 0.2) is 72.5 Å². The zero-order valence-corrected chi connectivity index (χ0v) is 15.2. The Morgan fingerprint density at radius 3 is 2.75 bits per heavy atom. The molecule has 0 aliphatic heterocycles. The van der Waals surface area contributed by atoms with Crippen molar-refractivity contribution in [1.82, 2.24) is 15.0 Å². The van der Waals surface area contributed by atoms with Crippen LogP contribution in [-0.2, 0) is 0 Å². The topological polar surface area (TPSA) is 77.0 Å². The smallest absolute Gasteiger partial charge is 0.275 e. The molecule has 8 heteroatoms.